The minimum atomic E-state index is -0.172. The molecule has 0 aromatic carbocycles. The lowest BCUT2D eigenvalue weighted by Gasteiger charge is -2.64. The number of hydrogen-bond donors (Lipinski definition) is 2. The highest BCUT2D eigenvalue weighted by Gasteiger charge is 2.58. The van der Waals surface area contributed by atoms with E-state index in [2.05, 4.69) is 60.3 Å². The summed E-state index contributed by atoms with van der Waals surface area (Å²) in [6.45, 7) is 19.0. The van der Waals surface area contributed by atoms with Gasteiger partial charge in [-0.1, -0.05) is 90.7 Å². The summed E-state index contributed by atoms with van der Waals surface area (Å²) in [6.07, 6.45) is 26.5. The molecule has 9 atom stereocenters. The lowest BCUT2D eigenvalue weighted by atomic mass is 9.43. The van der Waals surface area contributed by atoms with Crippen molar-refractivity contribution in [3.05, 3.63) is 35.5 Å². The van der Waals surface area contributed by atoms with Crippen LogP contribution in [0.15, 0.2) is 35.5 Å². The van der Waals surface area contributed by atoms with Crippen molar-refractivity contribution in [3.63, 3.8) is 0 Å². The van der Waals surface area contributed by atoms with Gasteiger partial charge in [0.05, 0.1) is 6.10 Å². The van der Waals surface area contributed by atoms with Gasteiger partial charge in [0.2, 0.25) is 0 Å². The van der Waals surface area contributed by atoms with Gasteiger partial charge < -0.3 is 10.8 Å². The Morgan fingerprint density at radius 1 is 0.927 bits per heavy atom. The highest BCUT2D eigenvalue weighted by Crippen LogP contribution is 2.65. The number of aliphatic hydroxyl groups excluding tert-OH is 1. The molecule has 2 heteroatoms. The largest absolute Gasteiger partial charge is 0.393 e. The van der Waals surface area contributed by atoms with Gasteiger partial charge in [0.1, 0.15) is 0 Å². The van der Waals surface area contributed by atoms with Crippen molar-refractivity contribution in [2.75, 3.05) is 0 Å². The second kappa shape index (κ2) is 11.9. The zero-order valence-corrected chi connectivity index (χ0v) is 27.9. The number of allylic oxidation sites excluding steroid dienone is 4. The molecule has 3 N–H and O–H groups in total. The highest BCUT2D eigenvalue weighted by atomic mass is 16.3. The molecule has 41 heavy (non-hydrogen) atoms. The fourth-order valence-electron chi connectivity index (χ4n) is 12.2. The third-order valence-electron chi connectivity index (χ3n) is 13.0. The monoisotopic (exact) mass is 564 g/mol. The maximum atomic E-state index is 10.0. The average molecular weight is 564 g/mol. The first kappa shape index (κ1) is 31.6. The molecule has 0 radical (unpaired) electrons. The Hall–Kier alpha value is -0.860. The number of hydrogen-bond acceptors (Lipinski definition) is 2. The van der Waals surface area contributed by atoms with Crippen LogP contribution >= 0.6 is 0 Å². The van der Waals surface area contributed by atoms with Crippen molar-refractivity contribution in [3.8, 4) is 0 Å². The van der Waals surface area contributed by atoms with Crippen LogP contribution in [0.5, 0.6) is 0 Å². The molecule has 4 bridgehead atoms. The molecular formula is C39H65NO. The molecule has 0 spiro atoms. The van der Waals surface area contributed by atoms with Gasteiger partial charge in [-0.2, -0.15) is 0 Å². The first-order valence-corrected chi connectivity index (χ1v) is 17.8. The molecule has 0 amide bonds. The zero-order valence-electron chi connectivity index (χ0n) is 27.9. The molecule has 0 aromatic rings. The van der Waals surface area contributed by atoms with Gasteiger partial charge in [0.15, 0.2) is 0 Å². The van der Waals surface area contributed by atoms with Crippen LogP contribution in [-0.2, 0) is 0 Å². The topological polar surface area (TPSA) is 46.2 Å². The molecule has 7 aliphatic rings. The van der Waals surface area contributed by atoms with Crippen LogP contribution in [0.25, 0.3) is 0 Å². The lowest BCUT2D eigenvalue weighted by molar-refractivity contribution is -0.104. The van der Waals surface area contributed by atoms with E-state index in [9.17, 15) is 5.11 Å². The highest BCUT2D eigenvalue weighted by molar-refractivity contribution is 5.36. The summed E-state index contributed by atoms with van der Waals surface area (Å²) >= 11 is 0. The standard InChI is InChI=1S/C27H44O.C12H21N/c1-19(2)8-6-9-21(4)25-15-16-26-22(10-7-17-27(25,26)5)12-13-23-18-24(28)14-11-20(23)3;1-10-3-9-4-11(2,6-10)8-12(13,5-9)7-10/h12-13,19,21,24-26,28H,3,6-11,14-18H2,1-2,4-5H3;9H,3-8,13H2,1-2H3/b22-12+,23-13-;/t21-,24+,25-,26+,27-;9?,10-,11+,12?/m1./s1. The summed E-state index contributed by atoms with van der Waals surface area (Å²) in [4.78, 5) is 0. The fraction of sp³-hybridized carbons (Fsp3) is 0.846. The molecule has 7 rings (SSSR count). The van der Waals surface area contributed by atoms with E-state index in [0.29, 0.717) is 16.2 Å². The third-order valence-corrected chi connectivity index (χ3v) is 13.0. The number of rotatable bonds is 6. The minimum Gasteiger partial charge on any atom is -0.393 e. The molecule has 0 aromatic heterocycles. The van der Waals surface area contributed by atoms with E-state index in [4.69, 9.17) is 5.73 Å². The minimum absolute atomic E-state index is 0.172. The van der Waals surface area contributed by atoms with Gasteiger partial charge in [-0.25, -0.2) is 0 Å². The van der Waals surface area contributed by atoms with Crippen LogP contribution in [-0.4, -0.2) is 16.7 Å². The maximum Gasteiger partial charge on any atom is 0.0583 e. The van der Waals surface area contributed by atoms with Crippen LogP contribution in [0.2, 0.25) is 0 Å². The third kappa shape index (κ3) is 6.95. The summed E-state index contributed by atoms with van der Waals surface area (Å²) < 4.78 is 0. The molecule has 232 valence electrons. The Labute approximate surface area is 254 Å². The van der Waals surface area contributed by atoms with Crippen LogP contribution in [0.3, 0.4) is 0 Å². The van der Waals surface area contributed by atoms with Gasteiger partial charge in [-0.15, -0.1) is 0 Å². The van der Waals surface area contributed by atoms with Crippen LogP contribution in [0.1, 0.15) is 151 Å². The molecule has 2 unspecified atom stereocenters. The van der Waals surface area contributed by atoms with Crippen molar-refractivity contribution < 1.29 is 5.11 Å². The van der Waals surface area contributed by atoms with Crippen molar-refractivity contribution in [1.82, 2.24) is 0 Å². The summed E-state index contributed by atoms with van der Waals surface area (Å²) in [5.41, 5.74) is 12.6. The Morgan fingerprint density at radius 2 is 1.63 bits per heavy atom. The summed E-state index contributed by atoms with van der Waals surface area (Å²) in [7, 11) is 0. The molecule has 0 heterocycles. The van der Waals surface area contributed by atoms with Crippen LogP contribution in [0.4, 0.5) is 0 Å². The van der Waals surface area contributed by atoms with E-state index >= 15 is 0 Å². The first-order valence-electron chi connectivity index (χ1n) is 17.8. The van der Waals surface area contributed by atoms with Crippen molar-refractivity contribution in [2.24, 2.45) is 51.6 Å². The van der Waals surface area contributed by atoms with E-state index in [-0.39, 0.29) is 11.6 Å². The van der Waals surface area contributed by atoms with Crippen molar-refractivity contribution >= 4 is 0 Å². The smallest absolute Gasteiger partial charge is 0.0583 e. The van der Waals surface area contributed by atoms with Crippen LogP contribution < -0.4 is 5.73 Å². The molecule has 7 fully saturated rings. The van der Waals surface area contributed by atoms with E-state index in [1.54, 1.807) is 5.57 Å². The maximum absolute atomic E-state index is 10.0. The van der Waals surface area contributed by atoms with Gasteiger partial charge in [0, 0.05) is 5.54 Å². The molecule has 7 saturated carbocycles. The van der Waals surface area contributed by atoms with E-state index < -0.39 is 0 Å². The number of aliphatic hydroxyl groups is 1. The number of fused-ring (bicyclic) bond motifs is 1. The number of nitrogens with two attached hydrogens (primary N) is 1. The Balaban J connectivity index is 0.000000213. The molecule has 0 saturated heterocycles. The predicted molar refractivity (Wildman–Crippen MR) is 176 cm³/mol. The van der Waals surface area contributed by atoms with Crippen molar-refractivity contribution in [2.45, 2.75) is 162 Å². The Morgan fingerprint density at radius 3 is 2.27 bits per heavy atom. The summed E-state index contributed by atoms with van der Waals surface area (Å²) in [5, 5.41) is 10.0. The normalized spacial score (nSPS) is 46.1. The second-order valence-corrected chi connectivity index (χ2v) is 17.8. The van der Waals surface area contributed by atoms with Gasteiger partial charge in [0.25, 0.3) is 0 Å². The van der Waals surface area contributed by atoms with Crippen LogP contribution in [0, 0.1) is 45.8 Å². The van der Waals surface area contributed by atoms with Gasteiger partial charge >= 0.3 is 0 Å². The average Bonchev–Trinajstić information content (AvgIpc) is 3.19. The first-order chi connectivity index (χ1) is 19.2. The molecule has 0 aliphatic heterocycles. The second-order valence-electron chi connectivity index (χ2n) is 17.8. The summed E-state index contributed by atoms with van der Waals surface area (Å²) in [6, 6.07) is 0. The van der Waals surface area contributed by atoms with Crippen molar-refractivity contribution in [1.29, 1.82) is 0 Å². The lowest BCUT2D eigenvalue weighted by Crippen LogP contribution is -2.62. The van der Waals surface area contributed by atoms with E-state index in [0.717, 1.165) is 48.9 Å². The van der Waals surface area contributed by atoms with E-state index in [1.807, 2.05) is 0 Å². The van der Waals surface area contributed by atoms with Gasteiger partial charge in [-0.3, -0.25) is 0 Å². The zero-order chi connectivity index (χ0) is 29.6. The molecule has 7 aliphatic carbocycles. The predicted octanol–water partition coefficient (Wildman–Crippen LogP) is 10.3. The molecular weight excluding hydrogens is 498 g/mol. The Kier molecular flexibility index (Phi) is 9.17. The fourth-order valence-corrected chi connectivity index (χ4v) is 12.2. The Bertz CT molecular complexity index is 968. The summed E-state index contributed by atoms with van der Waals surface area (Å²) in [5.74, 6) is 4.32. The quantitative estimate of drug-likeness (QED) is 0.338. The van der Waals surface area contributed by atoms with Gasteiger partial charge in [-0.05, 0) is 141 Å². The van der Waals surface area contributed by atoms with E-state index in [1.165, 1.54) is 101 Å². The molecule has 2 nitrogen and oxygen atoms in total. The SMILES string of the molecule is C=C1CC[C@H](O)C/C1=C/C=C1\CCC[C@]2(C)[C@@H]([C@H](C)CCCC(C)C)CC[C@@H]12.C[C@]12CC3CC(N)(C1)C[C@@](C)(C3)C2.